The highest BCUT2D eigenvalue weighted by Crippen LogP contribution is 1.95. The van der Waals surface area contributed by atoms with Crippen LogP contribution in [0.25, 0.3) is 0 Å². The minimum absolute atomic E-state index is 0.125. The second-order valence-corrected chi connectivity index (χ2v) is 3.97. The largest absolute Gasteiger partial charge is 0.497 e. The lowest BCUT2D eigenvalue weighted by Crippen LogP contribution is -2.22. The van der Waals surface area contributed by atoms with E-state index < -0.39 is 9.28 Å². The first-order valence-corrected chi connectivity index (χ1v) is 6.11. The molecule has 1 unspecified atom stereocenters. The average Bonchev–Trinajstić information content (AvgIpc) is 1.87. The van der Waals surface area contributed by atoms with Gasteiger partial charge in [-0.05, 0) is 19.9 Å². The quantitative estimate of drug-likeness (QED) is 0.591. The fourth-order valence-electron chi connectivity index (χ4n) is 0.717. The highest BCUT2D eigenvalue weighted by molar-refractivity contribution is 6.44. The van der Waals surface area contributed by atoms with Gasteiger partial charge in [0.05, 0.1) is 0 Å². The molecule has 0 aromatic heterocycles. The first-order chi connectivity index (χ1) is 5.20. The van der Waals surface area contributed by atoms with E-state index in [0.717, 1.165) is 6.42 Å². The number of rotatable bonds is 5. The third kappa shape index (κ3) is 6.06. The number of hydrogen-bond acceptors (Lipinski definition) is 3. The Bertz CT molecular complexity index is 116. The van der Waals surface area contributed by atoms with Gasteiger partial charge in [0, 0.05) is 13.0 Å². The van der Waals surface area contributed by atoms with E-state index in [9.17, 15) is 4.79 Å². The van der Waals surface area contributed by atoms with Crippen LogP contribution in [0.15, 0.2) is 0 Å². The van der Waals surface area contributed by atoms with E-state index in [0.29, 0.717) is 13.0 Å². The molecule has 0 aliphatic carbocycles. The van der Waals surface area contributed by atoms with Crippen LogP contribution in [0, 0.1) is 0 Å². The molecule has 0 bridgehead atoms. The van der Waals surface area contributed by atoms with Gasteiger partial charge in [0.2, 0.25) is 0 Å². The van der Waals surface area contributed by atoms with Crippen molar-refractivity contribution >= 4 is 15.3 Å². The first-order valence-electron chi connectivity index (χ1n) is 4.01. The fourth-order valence-corrected chi connectivity index (χ4v) is 1.74. The van der Waals surface area contributed by atoms with Gasteiger partial charge in [0.1, 0.15) is 0 Å². The molecule has 0 rings (SSSR count). The van der Waals surface area contributed by atoms with Crippen molar-refractivity contribution in [3.63, 3.8) is 0 Å². The Morgan fingerprint density at radius 2 is 2.09 bits per heavy atom. The summed E-state index contributed by atoms with van der Waals surface area (Å²) in [4.78, 5) is 10.9. The van der Waals surface area contributed by atoms with E-state index in [4.69, 9.17) is 8.85 Å². The molecule has 0 N–H and O–H groups in total. The summed E-state index contributed by atoms with van der Waals surface area (Å²) >= 11 is 0. The van der Waals surface area contributed by atoms with Gasteiger partial charge in [-0.15, -0.1) is 0 Å². The lowest BCUT2D eigenvalue weighted by Gasteiger charge is -2.10. The van der Waals surface area contributed by atoms with Crippen LogP contribution in [0.2, 0.25) is 6.55 Å². The molecule has 0 heterocycles. The molecule has 0 amide bonds. The van der Waals surface area contributed by atoms with Crippen LogP contribution in [-0.2, 0) is 13.6 Å². The number of carbonyl (C=O) groups excluding carboxylic acids is 1. The van der Waals surface area contributed by atoms with Crippen LogP contribution in [0.3, 0.4) is 0 Å². The van der Waals surface area contributed by atoms with E-state index in [-0.39, 0.29) is 5.97 Å². The third-order valence-corrected chi connectivity index (χ3v) is 2.55. The van der Waals surface area contributed by atoms with Gasteiger partial charge >= 0.3 is 9.28 Å². The minimum atomic E-state index is -1.64. The monoisotopic (exact) mass is 176 g/mol. The number of hydrogen-bond donors (Lipinski definition) is 0. The minimum Gasteiger partial charge on any atom is -0.497 e. The standard InChI is InChI=1S/C7H16O3Si/c1-4-6-7(8)10-11(3)9-5-2/h11H,4-6H2,1-3H3. The zero-order chi connectivity index (χ0) is 8.69. The fraction of sp³-hybridized carbons (Fsp3) is 0.857. The second kappa shape index (κ2) is 6.36. The van der Waals surface area contributed by atoms with Crippen molar-refractivity contribution in [3.05, 3.63) is 0 Å². The van der Waals surface area contributed by atoms with Gasteiger partial charge in [-0.3, -0.25) is 4.79 Å². The van der Waals surface area contributed by atoms with Crippen molar-refractivity contribution < 1.29 is 13.6 Å². The zero-order valence-electron chi connectivity index (χ0n) is 7.42. The van der Waals surface area contributed by atoms with E-state index in [1.165, 1.54) is 0 Å². The Kier molecular flexibility index (Phi) is 6.16. The molecule has 0 aromatic carbocycles. The first kappa shape index (κ1) is 10.6. The normalized spacial score (nSPS) is 12.6. The van der Waals surface area contributed by atoms with Gasteiger partial charge in [-0.2, -0.15) is 0 Å². The highest BCUT2D eigenvalue weighted by atomic mass is 28.3. The molecule has 0 aliphatic heterocycles. The van der Waals surface area contributed by atoms with Crippen molar-refractivity contribution in [2.75, 3.05) is 6.61 Å². The summed E-state index contributed by atoms with van der Waals surface area (Å²) < 4.78 is 10.2. The predicted octanol–water partition coefficient (Wildman–Crippen LogP) is 1.22. The van der Waals surface area contributed by atoms with Crippen LogP contribution < -0.4 is 0 Å². The third-order valence-electron chi connectivity index (χ3n) is 1.15. The molecular formula is C7H16O3Si. The van der Waals surface area contributed by atoms with Crippen molar-refractivity contribution in [2.45, 2.75) is 33.2 Å². The Labute approximate surface area is 69.5 Å². The molecule has 0 saturated heterocycles. The molecule has 0 saturated carbocycles. The molecule has 66 valence electrons. The summed E-state index contributed by atoms with van der Waals surface area (Å²) in [6.45, 7) is 6.34. The van der Waals surface area contributed by atoms with Crippen molar-refractivity contribution in [3.8, 4) is 0 Å². The SMILES string of the molecule is CCCC(=O)O[SiH](C)OCC. The maximum absolute atomic E-state index is 10.9. The van der Waals surface area contributed by atoms with E-state index in [1.807, 2.05) is 20.4 Å². The molecule has 0 fully saturated rings. The highest BCUT2D eigenvalue weighted by Gasteiger charge is 2.09. The molecule has 0 aromatic rings. The molecule has 0 radical (unpaired) electrons. The second-order valence-electron chi connectivity index (χ2n) is 2.26. The van der Waals surface area contributed by atoms with Gasteiger partial charge in [-0.1, -0.05) is 6.92 Å². The van der Waals surface area contributed by atoms with Crippen LogP contribution in [-0.4, -0.2) is 21.9 Å². The van der Waals surface area contributed by atoms with Crippen LogP contribution >= 0.6 is 0 Å². The molecule has 4 heteroatoms. The van der Waals surface area contributed by atoms with Crippen LogP contribution in [0.4, 0.5) is 0 Å². The van der Waals surface area contributed by atoms with Gasteiger partial charge in [0.25, 0.3) is 5.97 Å². The Morgan fingerprint density at radius 1 is 1.45 bits per heavy atom. The molecule has 0 spiro atoms. The summed E-state index contributed by atoms with van der Waals surface area (Å²) in [5.74, 6) is -0.125. The average molecular weight is 176 g/mol. The lowest BCUT2D eigenvalue weighted by atomic mass is 10.4. The van der Waals surface area contributed by atoms with E-state index in [2.05, 4.69) is 0 Å². The molecule has 1 atom stereocenters. The van der Waals surface area contributed by atoms with Gasteiger partial charge in [0.15, 0.2) is 0 Å². The molecule has 0 aliphatic rings. The van der Waals surface area contributed by atoms with Crippen LogP contribution in [0.1, 0.15) is 26.7 Å². The lowest BCUT2D eigenvalue weighted by molar-refractivity contribution is -0.135. The van der Waals surface area contributed by atoms with E-state index >= 15 is 0 Å². The number of carbonyl (C=O) groups is 1. The maximum Gasteiger partial charge on any atom is 0.382 e. The van der Waals surface area contributed by atoms with Crippen molar-refractivity contribution in [2.24, 2.45) is 0 Å². The molecule has 11 heavy (non-hydrogen) atoms. The smallest absolute Gasteiger partial charge is 0.382 e. The summed E-state index contributed by atoms with van der Waals surface area (Å²) in [6.07, 6.45) is 1.34. The van der Waals surface area contributed by atoms with Crippen molar-refractivity contribution in [1.29, 1.82) is 0 Å². The summed E-state index contributed by atoms with van der Waals surface area (Å²) in [7, 11) is -1.64. The summed E-state index contributed by atoms with van der Waals surface area (Å²) in [6, 6.07) is 0. The molecular weight excluding hydrogens is 160 g/mol. The Hall–Kier alpha value is -0.353. The predicted molar refractivity (Wildman–Crippen MR) is 45.6 cm³/mol. The van der Waals surface area contributed by atoms with Gasteiger partial charge < -0.3 is 8.85 Å². The van der Waals surface area contributed by atoms with Gasteiger partial charge in [-0.25, -0.2) is 0 Å². The Morgan fingerprint density at radius 3 is 2.55 bits per heavy atom. The summed E-state index contributed by atoms with van der Waals surface area (Å²) in [5.41, 5.74) is 0. The van der Waals surface area contributed by atoms with E-state index in [1.54, 1.807) is 0 Å². The molecule has 3 nitrogen and oxygen atoms in total. The summed E-state index contributed by atoms with van der Waals surface area (Å²) in [5, 5.41) is 0. The van der Waals surface area contributed by atoms with Crippen LogP contribution in [0.5, 0.6) is 0 Å². The topological polar surface area (TPSA) is 35.5 Å². The Balaban J connectivity index is 3.40. The zero-order valence-corrected chi connectivity index (χ0v) is 8.58. The maximum atomic E-state index is 10.9. The van der Waals surface area contributed by atoms with Crippen molar-refractivity contribution in [1.82, 2.24) is 0 Å².